The minimum absolute atomic E-state index is 0.0116. The van der Waals surface area contributed by atoms with Crippen LogP contribution in [-0.4, -0.2) is 37.5 Å². The summed E-state index contributed by atoms with van der Waals surface area (Å²) in [6.07, 6.45) is 0.382. The number of Topliss-reactive ketones (excluding diaryl/α,β-unsaturated/α-hetero) is 1. The Kier molecular flexibility index (Phi) is 8.08. The van der Waals surface area contributed by atoms with Crippen molar-refractivity contribution >= 4 is 23.3 Å². The summed E-state index contributed by atoms with van der Waals surface area (Å²) in [5.74, 6) is -1.40. The van der Waals surface area contributed by atoms with Crippen LogP contribution < -0.4 is 14.8 Å². The molecule has 0 saturated carbocycles. The SMILES string of the molecule is CCC(=O)c1ccc(OCC(=O)OCC(=O)Nc2ccccc2OC(F)F)cc1. The van der Waals surface area contributed by atoms with Gasteiger partial charge in [0.2, 0.25) is 0 Å². The normalized spacial score (nSPS) is 10.3. The van der Waals surface area contributed by atoms with Crippen LogP contribution >= 0.6 is 0 Å². The van der Waals surface area contributed by atoms with Gasteiger partial charge in [0.15, 0.2) is 19.0 Å². The number of hydrogen-bond donors (Lipinski definition) is 1. The predicted octanol–water partition coefficient (Wildman–Crippen LogP) is 3.44. The molecule has 0 saturated heterocycles. The Labute approximate surface area is 165 Å². The highest BCUT2D eigenvalue weighted by Gasteiger charge is 2.13. The van der Waals surface area contributed by atoms with E-state index in [1.807, 2.05) is 0 Å². The van der Waals surface area contributed by atoms with E-state index >= 15 is 0 Å². The van der Waals surface area contributed by atoms with Crippen molar-refractivity contribution in [1.82, 2.24) is 0 Å². The van der Waals surface area contributed by atoms with Gasteiger partial charge in [-0.15, -0.1) is 0 Å². The summed E-state index contributed by atoms with van der Waals surface area (Å²) in [4.78, 5) is 35.1. The monoisotopic (exact) mass is 407 g/mol. The average Bonchev–Trinajstić information content (AvgIpc) is 2.71. The fourth-order valence-electron chi connectivity index (χ4n) is 2.23. The van der Waals surface area contributed by atoms with Crippen molar-refractivity contribution < 1.29 is 37.4 Å². The second-order valence-electron chi connectivity index (χ2n) is 5.67. The molecule has 0 bridgehead atoms. The standard InChI is InChI=1S/C20H19F2NO6/c1-2-16(24)13-7-9-14(10-8-13)27-12-19(26)28-11-18(25)23-15-5-3-4-6-17(15)29-20(21)22/h3-10,20H,2,11-12H2,1H3,(H,23,25). The molecule has 2 aromatic rings. The lowest BCUT2D eigenvalue weighted by atomic mass is 10.1. The van der Waals surface area contributed by atoms with E-state index in [1.54, 1.807) is 31.2 Å². The van der Waals surface area contributed by atoms with E-state index in [-0.39, 0.29) is 17.2 Å². The third-order valence-electron chi connectivity index (χ3n) is 3.60. The van der Waals surface area contributed by atoms with Crippen molar-refractivity contribution in [2.75, 3.05) is 18.5 Å². The number of anilines is 1. The van der Waals surface area contributed by atoms with Gasteiger partial charge in [0.05, 0.1) is 5.69 Å². The average molecular weight is 407 g/mol. The molecule has 1 N–H and O–H groups in total. The summed E-state index contributed by atoms with van der Waals surface area (Å²) in [6, 6.07) is 11.9. The number of benzene rings is 2. The molecule has 0 aliphatic carbocycles. The highest BCUT2D eigenvalue weighted by atomic mass is 19.3. The summed E-state index contributed by atoms with van der Waals surface area (Å²) >= 11 is 0. The van der Waals surface area contributed by atoms with Crippen LogP contribution in [0.25, 0.3) is 0 Å². The van der Waals surface area contributed by atoms with Crippen molar-refractivity contribution in [3.05, 3.63) is 54.1 Å². The van der Waals surface area contributed by atoms with E-state index in [1.165, 1.54) is 24.3 Å². The lowest BCUT2D eigenvalue weighted by Crippen LogP contribution is -2.24. The first-order valence-electron chi connectivity index (χ1n) is 8.64. The molecule has 29 heavy (non-hydrogen) atoms. The van der Waals surface area contributed by atoms with Crippen molar-refractivity contribution in [2.24, 2.45) is 0 Å². The Morgan fingerprint density at radius 2 is 1.69 bits per heavy atom. The number of ketones is 1. The Morgan fingerprint density at radius 3 is 2.34 bits per heavy atom. The van der Waals surface area contributed by atoms with E-state index in [0.717, 1.165) is 0 Å². The van der Waals surface area contributed by atoms with Crippen molar-refractivity contribution in [3.63, 3.8) is 0 Å². The maximum Gasteiger partial charge on any atom is 0.387 e. The molecule has 9 heteroatoms. The maximum atomic E-state index is 12.4. The highest BCUT2D eigenvalue weighted by molar-refractivity contribution is 5.96. The molecule has 0 radical (unpaired) electrons. The summed E-state index contributed by atoms with van der Waals surface area (Å²) in [5.41, 5.74) is 0.557. The molecule has 0 unspecified atom stereocenters. The van der Waals surface area contributed by atoms with Gasteiger partial charge in [0, 0.05) is 12.0 Å². The van der Waals surface area contributed by atoms with Crippen molar-refractivity contribution in [1.29, 1.82) is 0 Å². The Bertz CT molecular complexity index is 854. The molecule has 0 aromatic heterocycles. The van der Waals surface area contributed by atoms with Crippen LogP contribution in [-0.2, 0) is 14.3 Å². The summed E-state index contributed by atoms with van der Waals surface area (Å²) in [6.45, 7) is -2.37. The van der Waals surface area contributed by atoms with E-state index < -0.39 is 31.7 Å². The molecule has 0 aliphatic heterocycles. The number of nitrogens with one attached hydrogen (secondary N) is 1. The Morgan fingerprint density at radius 1 is 1.00 bits per heavy atom. The van der Waals surface area contributed by atoms with Crippen molar-refractivity contribution in [2.45, 2.75) is 20.0 Å². The number of ether oxygens (including phenoxy) is 3. The van der Waals surface area contributed by atoms with Crippen LogP contribution in [0.2, 0.25) is 0 Å². The molecule has 0 aliphatic rings. The van der Waals surface area contributed by atoms with E-state index in [9.17, 15) is 23.2 Å². The first-order valence-corrected chi connectivity index (χ1v) is 8.64. The number of rotatable bonds is 10. The lowest BCUT2D eigenvalue weighted by Gasteiger charge is -2.12. The van der Waals surface area contributed by atoms with Crippen LogP contribution in [0.3, 0.4) is 0 Å². The Balaban J connectivity index is 1.78. The number of halogens is 2. The van der Waals surface area contributed by atoms with Gasteiger partial charge >= 0.3 is 12.6 Å². The lowest BCUT2D eigenvalue weighted by molar-refractivity contribution is -0.149. The molecule has 0 spiro atoms. The molecule has 154 valence electrons. The van der Waals surface area contributed by atoms with Gasteiger partial charge in [-0.05, 0) is 36.4 Å². The number of para-hydroxylation sites is 2. The van der Waals surface area contributed by atoms with Gasteiger partial charge in [0.25, 0.3) is 5.91 Å². The number of esters is 1. The number of amides is 1. The second-order valence-corrected chi connectivity index (χ2v) is 5.67. The topological polar surface area (TPSA) is 90.9 Å². The fraction of sp³-hybridized carbons (Fsp3) is 0.250. The minimum atomic E-state index is -3.04. The second kappa shape index (κ2) is 10.7. The van der Waals surface area contributed by atoms with E-state index in [0.29, 0.717) is 17.7 Å². The zero-order valence-corrected chi connectivity index (χ0v) is 15.5. The van der Waals surface area contributed by atoms with Crippen LogP contribution in [0, 0.1) is 0 Å². The largest absolute Gasteiger partial charge is 0.482 e. The third kappa shape index (κ3) is 7.21. The van der Waals surface area contributed by atoms with Crippen molar-refractivity contribution in [3.8, 4) is 11.5 Å². The number of hydrogen-bond acceptors (Lipinski definition) is 6. The molecular weight excluding hydrogens is 388 g/mol. The molecule has 1 amide bonds. The molecule has 0 heterocycles. The predicted molar refractivity (Wildman–Crippen MR) is 99.2 cm³/mol. The molecular formula is C20H19F2NO6. The number of alkyl halides is 2. The smallest absolute Gasteiger partial charge is 0.387 e. The van der Waals surface area contributed by atoms with Gasteiger partial charge in [-0.1, -0.05) is 19.1 Å². The van der Waals surface area contributed by atoms with Crippen LogP contribution in [0.4, 0.5) is 14.5 Å². The number of carbonyl (C=O) groups is 3. The first kappa shape index (κ1) is 21.8. The summed E-state index contributed by atoms with van der Waals surface area (Å²) in [5, 5.41) is 2.32. The van der Waals surface area contributed by atoms with E-state index in [2.05, 4.69) is 10.1 Å². The highest BCUT2D eigenvalue weighted by Crippen LogP contribution is 2.25. The summed E-state index contributed by atoms with van der Waals surface area (Å²) in [7, 11) is 0. The number of carbonyl (C=O) groups excluding carboxylic acids is 3. The van der Waals surface area contributed by atoms with Gasteiger partial charge in [-0.25, -0.2) is 4.79 Å². The summed E-state index contributed by atoms with van der Waals surface area (Å²) < 4.78 is 39.0. The minimum Gasteiger partial charge on any atom is -0.482 e. The molecule has 2 rings (SSSR count). The molecule has 0 fully saturated rings. The zero-order chi connectivity index (χ0) is 21.2. The zero-order valence-electron chi connectivity index (χ0n) is 15.5. The third-order valence-corrected chi connectivity index (χ3v) is 3.60. The van der Waals surface area contributed by atoms with Gasteiger partial charge < -0.3 is 19.5 Å². The van der Waals surface area contributed by atoms with Crippen LogP contribution in [0.15, 0.2) is 48.5 Å². The van der Waals surface area contributed by atoms with Crippen LogP contribution in [0.1, 0.15) is 23.7 Å². The fourth-order valence-corrected chi connectivity index (χ4v) is 2.23. The quantitative estimate of drug-likeness (QED) is 0.479. The Hall–Kier alpha value is -3.49. The molecule has 2 aromatic carbocycles. The van der Waals surface area contributed by atoms with Crippen LogP contribution in [0.5, 0.6) is 11.5 Å². The van der Waals surface area contributed by atoms with E-state index in [4.69, 9.17) is 9.47 Å². The molecule has 0 atom stereocenters. The van der Waals surface area contributed by atoms with Gasteiger partial charge in [-0.3, -0.25) is 9.59 Å². The van der Waals surface area contributed by atoms with Gasteiger partial charge in [-0.2, -0.15) is 8.78 Å². The maximum absolute atomic E-state index is 12.4. The molecule has 7 nitrogen and oxygen atoms in total. The first-order chi connectivity index (χ1) is 13.9. The van der Waals surface area contributed by atoms with Gasteiger partial charge in [0.1, 0.15) is 11.5 Å².